The molecular formula is C24H48N2O. The van der Waals surface area contributed by atoms with Crippen LogP contribution in [0.3, 0.4) is 0 Å². The quantitative estimate of drug-likeness (QED) is 0.194. The largest absolute Gasteiger partial charge is 0.369 e. The van der Waals surface area contributed by atoms with Crippen molar-refractivity contribution in [1.82, 2.24) is 4.90 Å². The monoisotopic (exact) mass is 380 g/mol. The Morgan fingerprint density at radius 1 is 0.778 bits per heavy atom. The van der Waals surface area contributed by atoms with E-state index in [0.717, 1.165) is 25.8 Å². The third-order valence-electron chi connectivity index (χ3n) is 5.39. The van der Waals surface area contributed by atoms with Crippen molar-refractivity contribution in [3.05, 3.63) is 12.2 Å². The summed E-state index contributed by atoms with van der Waals surface area (Å²) < 4.78 is 0. The number of unbranched alkanes of at least 4 members (excludes halogenated alkanes) is 12. The third-order valence-corrected chi connectivity index (χ3v) is 5.39. The van der Waals surface area contributed by atoms with Crippen molar-refractivity contribution in [2.45, 2.75) is 110 Å². The number of hydrogen-bond donors (Lipinski definition) is 1. The first-order valence-electron chi connectivity index (χ1n) is 11.7. The zero-order valence-electron chi connectivity index (χ0n) is 18.7. The second-order valence-electron chi connectivity index (χ2n) is 8.42. The predicted octanol–water partition coefficient (Wildman–Crippen LogP) is 6.47. The molecule has 27 heavy (non-hydrogen) atoms. The van der Waals surface area contributed by atoms with E-state index < -0.39 is 0 Å². The van der Waals surface area contributed by atoms with Crippen molar-refractivity contribution >= 4 is 5.91 Å². The number of carbonyl (C=O) groups is 1. The summed E-state index contributed by atoms with van der Waals surface area (Å²) in [5.74, 6) is -0.0613. The number of nitrogens with two attached hydrogens (primary N) is 1. The molecule has 0 aliphatic rings. The summed E-state index contributed by atoms with van der Waals surface area (Å²) in [5, 5.41) is 0. The first-order chi connectivity index (χ1) is 13.1. The van der Waals surface area contributed by atoms with Crippen LogP contribution in [0, 0.1) is 5.92 Å². The summed E-state index contributed by atoms with van der Waals surface area (Å²) in [6.07, 6.45) is 25.1. The highest BCUT2D eigenvalue weighted by Gasteiger charge is 2.14. The molecule has 1 amide bonds. The van der Waals surface area contributed by atoms with E-state index in [1.807, 2.05) is 14.1 Å². The zero-order valence-corrected chi connectivity index (χ0v) is 18.7. The summed E-state index contributed by atoms with van der Waals surface area (Å²) >= 11 is 0. The van der Waals surface area contributed by atoms with Gasteiger partial charge in [0.15, 0.2) is 0 Å². The molecule has 1 atom stereocenters. The topological polar surface area (TPSA) is 46.3 Å². The lowest BCUT2D eigenvalue weighted by atomic mass is 9.96. The second-order valence-corrected chi connectivity index (χ2v) is 8.42. The molecule has 0 aromatic rings. The Hall–Kier alpha value is -0.830. The molecule has 0 aromatic heterocycles. The van der Waals surface area contributed by atoms with Gasteiger partial charge in [0.25, 0.3) is 0 Å². The van der Waals surface area contributed by atoms with Gasteiger partial charge in [-0.2, -0.15) is 0 Å². The summed E-state index contributed by atoms with van der Waals surface area (Å²) in [5.41, 5.74) is 5.53. The molecule has 0 heterocycles. The minimum atomic E-state index is -0.121. The van der Waals surface area contributed by atoms with E-state index in [4.69, 9.17) is 5.73 Å². The summed E-state index contributed by atoms with van der Waals surface area (Å²) in [7, 11) is 4.09. The smallest absolute Gasteiger partial charge is 0.220 e. The lowest BCUT2D eigenvalue weighted by Gasteiger charge is -2.16. The van der Waals surface area contributed by atoms with Crippen molar-refractivity contribution in [3.8, 4) is 0 Å². The maximum atomic E-state index is 11.5. The molecule has 3 nitrogen and oxygen atoms in total. The Morgan fingerprint density at radius 2 is 1.26 bits per heavy atom. The molecule has 0 bridgehead atoms. The van der Waals surface area contributed by atoms with Crippen LogP contribution in [0.15, 0.2) is 12.2 Å². The summed E-state index contributed by atoms with van der Waals surface area (Å²) in [6.45, 7) is 3.22. The minimum Gasteiger partial charge on any atom is -0.369 e. The fourth-order valence-corrected chi connectivity index (χ4v) is 3.48. The van der Waals surface area contributed by atoms with Crippen molar-refractivity contribution in [1.29, 1.82) is 0 Å². The third kappa shape index (κ3) is 19.7. The fourth-order valence-electron chi connectivity index (χ4n) is 3.48. The van der Waals surface area contributed by atoms with Gasteiger partial charge in [-0.25, -0.2) is 0 Å². The molecule has 2 N–H and O–H groups in total. The first kappa shape index (κ1) is 26.2. The first-order valence-corrected chi connectivity index (χ1v) is 11.7. The van der Waals surface area contributed by atoms with Gasteiger partial charge in [0.2, 0.25) is 5.91 Å². The Kier molecular flexibility index (Phi) is 19.3. The van der Waals surface area contributed by atoms with E-state index in [0.29, 0.717) is 0 Å². The molecule has 0 rings (SSSR count). The van der Waals surface area contributed by atoms with Gasteiger partial charge in [0, 0.05) is 5.92 Å². The van der Waals surface area contributed by atoms with Gasteiger partial charge in [0.05, 0.1) is 0 Å². The second kappa shape index (κ2) is 19.9. The number of carbonyl (C=O) groups excluding carboxylic acids is 1. The highest BCUT2D eigenvalue weighted by molar-refractivity contribution is 5.76. The molecule has 160 valence electrons. The SMILES string of the molecule is CCCCCCCC/C=C\CCCCCCCCC(CCN(C)C)C(N)=O. The highest BCUT2D eigenvalue weighted by atomic mass is 16.1. The van der Waals surface area contributed by atoms with Crippen LogP contribution in [0.4, 0.5) is 0 Å². The van der Waals surface area contributed by atoms with E-state index in [1.165, 1.54) is 83.5 Å². The van der Waals surface area contributed by atoms with Crippen molar-refractivity contribution in [3.63, 3.8) is 0 Å². The lowest BCUT2D eigenvalue weighted by molar-refractivity contribution is -0.122. The van der Waals surface area contributed by atoms with Crippen LogP contribution in [0.1, 0.15) is 110 Å². The van der Waals surface area contributed by atoms with E-state index in [9.17, 15) is 4.79 Å². The van der Waals surface area contributed by atoms with Gasteiger partial charge in [0.1, 0.15) is 0 Å². The number of nitrogens with zero attached hydrogens (tertiary/aromatic N) is 1. The molecule has 0 fully saturated rings. The molecule has 0 saturated carbocycles. The molecule has 1 unspecified atom stereocenters. The van der Waals surface area contributed by atoms with E-state index in [-0.39, 0.29) is 11.8 Å². The van der Waals surface area contributed by atoms with E-state index >= 15 is 0 Å². The van der Waals surface area contributed by atoms with Gasteiger partial charge in [-0.1, -0.05) is 83.3 Å². The van der Waals surface area contributed by atoms with Crippen molar-refractivity contribution in [2.24, 2.45) is 11.7 Å². The molecule has 0 saturated heterocycles. The minimum absolute atomic E-state index is 0.0594. The maximum Gasteiger partial charge on any atom is 0.220 e. The summed E-state index contributed by atoms with van der Waals surface area (Å²) in [4.78, 5) is 13.6. The van der Waals surface area contributed by atoms with E-state index in [1.54, 1.807) is 0 Å². The molecule has 3 heteroatoms. The molecule has 0 aliphatic carbocycles. The number of amides is 1. The molecule has 0 spiro atoms. The lowest BCUT2D eigenvalue weighted by Crippen LogP contribution is -2.27. The van der Waals surface area contributed by atoms with Crippen LogP contribution in [0.2, 0.25) is 0 Å². The average molecular weight is 381 g/mol. The van der Waals surface area contributed by atoms with Crippen LogP contribution in [-0.2, 0) is 4.79 Å². The van der Waals surface area contributed by atoms with Crippen molar-refractivity contribution < 1.29 is 4.79 Å². The van der Waals surface area contributed by atoms with Crippen molar-refractivity contribution in [2.75, 3.05) is 20.6 Å². The van der Waals surface area contributed by atoms with Crippen LogP contribution in [0.25, 0.3) is 0 Å². The van der Waals surface area contributed by atoms with Crippen LogP contribution >= 0.6 is 0 Å². The Morgan fingerprint density at radius 3 is 1.74 bits per heavy atom. The van der Waals surface area contributed by atoms with E-state index in [2.05, 4.69) is 24.0 Å². The number of rotatable bonds is 20. The molecule has 0 aliphatic heterocycles. The number of hydrogen-bond acceptors (Lipinski definition) is 2. The molecule has 0 aromatic carbocycles. The van der Waals surface area contributed by atoms with Gasteiger partial charge in [-0.15, -0.1) is 0 Å². The highest BCUT2D eigenvalue weighted by Crippen LogP contribution is 2.16. The van der Waals surface area contributed by atoms with Crippen LogP contribution in [-0.4, -0.2) is 31.4 Å². The average Bonchev–Trinajstić information content (AvgIpc) is 2.63. The Bertz CT molecular complexity index is 352. The predicted molar refractivity (Wildman–Crippen MR) is 120 cm³/mol. The van der Waals surface area contributed by atoms with Crippen LogP contribution < -0.4 is 5.73 Å². The fraction of sp³-hybridized carbons (Fsp3) is 0.875. The van der Waals surface area contributed by atoms with Gasteiger partial charge >= 0.3 is 0 Å². The maximum absolute atomic E-state index is 11.5. The summed E-state index contributed by atoms with van der Waals surface area (Å²) in [6, 6.07) is 0. The van der Waals surface area contributed by atoms with Crippen LogP contribution in [0.5, 0.6) is 0 Å². The van der Waals surface area contributed by atoms with Gasteiger partial charge in [-0.3, -0.25) is 4.79 Å². The van der Waals surface area contributed by atoms with Gasteiger partial charge in [-0.05, 0) is 59.2 Å². The number of primary amides is 1. The Labute approximate surface area is 170 Å². The number of allylic oxidation sites excluding steroid dienone is 2. The Balaban J connectivity index is 3.38. The standard InChI is InChI=1S/C24H48N2O/c1-4-5-6-7-8-9-10-11-12-13-14-15-16-17-18-19-20-23(24(25)27)21-22-26(2)3/h11-12,23H,4-10,13-22H2,1-3H3,(H2,25,27)/b12-11-. The molecule has 0 radical (unpaired) electrons. The van der Waals surface area contributed by atoms with Gasteiger partial charge < -0.3 is 10.6 Å². The zero-order chi connectivity index (χ0) is 20.2. The molecular weight excluding hydrogens is 332 g/mol. The normalized spacial score (nSPS) is 12.9.